The highest BCUT2D eigenvalue weighted by Crippen LogP contribution is 2.08. The van der Waals surface area contributed by atoms with Gasteiger partial charge >= 0.3 is 0 Å². The molecule has 1 atom stereocenters. The van der Waals surface area contributed by atoms with Gasteiger partial charge in [-0.1, -0.05) is 0 Å². The summed E-state index contributed by atoms with van der Waals surface area (Å²) in [6.07, 6.45) is 2.34. The first-order valence-electron chi connectivity index (χ1n) is 5.04. The summed E-state index contributed by atoms with van der Waals surface area (Å²) in [5, 5.41) is 12.3. The van der Waals surface area contributed by atoms with E-state index in [0.717, 1.165) is 11.3 Å². The Labute approximate surface area is 90.5 Å². The van der Waals surface area contributed by atoms with Gasteiger partial charge in [0.05, 0.1) is 12.9 Å². The fourth-order valence-corrected chi connectivity index (χ4v) is 1.28. The van der Waals surface area contributed by atoms with Crippen LogP contribution in [-0.4, -0.2) is 17.8 Å². The van der Waals surface area contributed by atoms with Gasteiger partial charge in [-0.2, -0.15) is 0 Å². The summed E-state index contributed by atoms with van der Waals surface area (Å²) in [4.78, 5) is 0. The Hall–Kier alpha value is -1.24. The van der Waals surface area contributed by atoms with E-state index in [-0.39, 0.29) is 12.6 Å². The molecule has 1 aromatic rings. The van der Waals surface area contributed by atoms with Crippen molar-refractivity contribution in [1.29, 1.82) is 0 Å². The summed E-state index contributed by atoms with van der Waals surface area (Å²) in [5.41, 5.74) is 1.12. The molecule has 2 N–H and O–H groups in total. The smallest absolute Gasteiger partial charge is 0.105 e. The minimum atomic E-state index is 0.0340. The standard InChI is InChI=1S/C12H17NO2/c1-3-4-5-12(9-14)13-8-11-6-7-15-10(11)2/h6-7,12-14H,5,8-9H2,1-2H3. The molecule has 1 heterocycles. The van der Waals surface area contributed by atoms with Crippen LogP contribution < -0.4 is 5.32 Å². The third-order valence-corrected chi connectivity index (χ3v) is 2.29. The molecule has 0 fully saturated rings. The highest BCUT2D eigenvalue weighted by Gasteiger charge is 2.06. The van der Waals surface area contributed by atoms with Gasteiger partial charge in [-0.15, -0.1) is 11.8 Å². The molecule has 1 unspecified atom stereocenters. The van der Waals surface area contributed by atoms with Crippen LogP contribution in [-0.2, 0) is 6.54 Å². The number of nitrogens with one attached hydrogen (secondary N) is 1. The number of aryl methyl sites for hydroxylation is 1. The third-order valence-electron chi connectivity index (χ3n) is 2.29. The van der Waals surface area contributed by atoms with Crippen molar-refractivity contribution < 1.29 is 9.52 Å². The van der Waals surface area contributed by atoms with E-state index in [0.29, 0.717) is 13.0 Å². The maximum absolute atomic E-state index is 9.10. The van der Waals surface area contributed by atoms with Crippen LogP contribution in [0.15, 0.2) is 16.7 Å². The summed E-state index contributed by atoms with van der Waals surface area (Å²) in [6, 6.07) is 1.97. The average molecular weight is 207 g/mol. The van der Waals surface area contributed by atoms with Crippen LogP contribution in [0.2, 0.25) is 0 Å². The Morgan fingerprint density at radius 2 is 2.40 bits per heavy atom. The summed E-state index contributed by atoms with van der Waals surface area (Å²) >= 11 is 0. The number of aliphatic hydroxyl groups excluding tert-OH is 1. The van der Waals surface area contributed by atoms with Crippen molar-refractivity contribution in [3.8, 4) is 11.8 Å². The molecular weight excluding hydrogens is 190 g/mol. The Kier molecular flexibility index (Phi) is 4.96. The maximum Gasteiger partial charge on any atom is 0.105 e. The molecule has 1 rings (SSSR count). The number of furan rings is 1. The van der Waals surface area contributed by atoms with Crippen LogP contribution >= 0.6 is 0 Å². The van der Waals surface area contributed by atoms with Gasteiger partial charge in [0, 0.05) is 24.6 Å². The highest BCUT2D eigenvalue weighted by atomic mass is 16.3. The van der Waals surface area contributed by atoms with Crippen molar-refractivity contribution in [2.45, 2.75) is 32.9 Å². The first kappa shape index (κ1) is 11.8. The van der Waals surface area contributed by atoms with E-state index in [1.807, 2.05) is 13.0 Å². The van der Waals surface area contributed by atoms with Crippen LogP contribution in [0.25, 0.3) is 0 Å². The lowest BCUT2D eigenvalue weighted by Crippen LogP contribution is -2.31. The Morgan fingerprint density at radius 3 is 2.93 bits per heavy atom. The number of aliphatic hydroxyl groups is 1. The van der Waals surface area contributed by atoms with E-state index >= 15 is 0 Å². The van der Waals surface area contributed by atoms with Crippen LogP contribution in [0, 0.1) is 18.8 Å². The monoisotopic (exact) mass is 207 g/mol. The zero-order valence-corrected chi connectivity index (χ0v) is 9.21. The van der Waals surface area contributed by atoms with Crippen LogP contribution in [0.5, 0.6) is 0 Å². The van der Waals surface area contributed by atoms with Crippen molar-refractivity contribution in [2.24, 2.45) is 0 Å². The Bertz CT molecular complexity index is 346. The molecular formula is C12H17NO2. The molecule has 82 valence electrons. The second kappa shape index (κ2) is 6.28. The van der Waals surface area contributed by atoms with Crippen molar-refractivity contribution in [2.75, 3.05) is 6.61 Å². The molecule has 0 saturated carbocycles. The largest absolute Gasteiger partial charge is 0.469 e. The second-order valence-corrected chi connectivity index (χ2v) is 3.39. The summed E-state index contributed by atoms with van der Waals surface area (Å²) < 4.78 is 5.18. The molecule has 1 aromatic heterocycles. The van der Waals surface area contributed by atoms with Gasteiger partial charge < -0.3 is 14.8 Å². The lowest BCUT2D eigenvalue weighted by atomic mass is 10.2. The van der Waals surface area contributed by atoms with Gasteiger partial charge in [0.2, 0.25) is 0 Å². The fraction of sp³-hybridized carbons (Fsp3) is 0.500. The van der Waals surface area contributed by atoms with Crippen LogP contribution in [0.1, 0.15) is 24.7 Å². The van der Waals surface area contributed by atoms with E-state index < -0.39 is 0 Å². The normalized spacial score (nSPS) is 11.9. The number of rotatable bonds is 5. The second-order valence-electron chi connectivity index (χ2n) is 3.39. The fourth-order valence-electron chi connectivity index (χ4n) is 1.28. The lowest BCUT2D eigenvalue weighted by molar-refractivity contribution is 0.243. The van der Waals surface area contributed by atoms with Crippen molar-refractivity contribution in [1.82, 2.24) is 5.32 Å². The summed E-state index contributed by atoms with van der Waals surface area (Å²) in [5.74, 6) is 6.68. The van der Waals surface area contributed by atoms with E-state index in [1.54, 1.807) is 13.2 Å². The summed E-state index contributed by atoms with van der Waals surface area (Å²) in [6.45, 7) is 4.54. The summed E-state index contributed by atoms with van der Waals surface area (Å²) in [7, 11) is 0. The van der Waals surface area contributed by atoms with E-state index in [4.69, 9.17) is 9.52 Å². The van der Waals surface area contributed by atoms with Gasteiger partial charge in [0.1, 0.15) is 5.76 Å². The quantitative estimate of drug-likeness (QED) is 0.718. The van der Waals surface area contributed by atoms with Crippen LogP contribution in [0.4, 0.5) is 0 Å². The average Bonchev–Trinajstić information content (AvgIpc) is 2.65. The molecule has 3 nitrogen and oxygen atoms in total. The van der Waals surface area contributed by atoms with Gasteiger partial charge in [-0.25, -0.2) is 0 Å². The predicted octanol–water partition coefficient (Wildman–Crippen LogP) is 1.45. The minimum absolute atomic E-state index is 0.0340. The van der Waals surface area contributed by atoms with Crippen molar-refractivity contribution >= 4 is 0 Å². The van der Waals surface area contributed by atoms with Gasteiger partial charge in [-0.3, -0.25) is 0 Å². The highest BCUT2D eigenvalue weighted by molar-refractivity contribution is 5.15. The SMILES string of the molecule is CC#CCC(CO)NCc1ccoc1C. The number of hydrogen-bond donors (Lipinski definition) is 2. The third kappa shape index (κ3) is 3.78. The molecule has 0 aliphatic heterocycles. The maximum atomic E-state index is 9.10. The van der Waals surface area contributed by atoms with Crippen molar-refractivity contribution in [3.05, 3.63) is 23.7 Å². The first-order valence-corrected chi connectivity index (χ1v) is 5.04. The minimum Gasteiger partial charge on any atom is -0.469 e. The Morgan fingerprint density at radius 1 is 1.60 bits per heavy atom. The molecule has 3 heteroatoms. The molecule has 0 saturated heterocycles. The molecule has 0 bridgehead atoms. The van der Waals surface area contributed by atoms with E-state index in [9.17, 15) is 0 Å². The molecule has 0 spiro atoms. The molecule has 0 radical (unpaired) electrons. The van der Waals surface area contributed by atoms with E-state index in [1.165, 1.54) is 0 Å². The van der Waals surface area contributed by atoms with Crippen LogP contribution in [0.3, 0.4) is 0 Å². The number of hydrogen-bond acceptors (Lipinski definition) is 3. The van der Waals surface area contributed by atoms with Gasteiger partial charge in [0.25, 0.3) is 0 Å². The zero-order chi connectivity index (χ0) is 11.1. The molecule has 15 heavy (non-hydrogen) atoms. The molecule has 0 aliphatic rings. The van der Waals surface area contributed by atoms with Crippen molar-refractivity contribution in [3.63, 3.8) is 0 Å². The predicted molar refractivity (Wildman–Crippen MR) is 59.2 cm³/mol. The topological polar surface area (TPSA) is 45.4 Å². The molecule has 0 amide bonds. The lowest BCUT2D eigenvalue weighted by Gasteiger charge is -2.12. The molecule has 0 aliphatic carbocycles. The first-order chi connectivity index (χ1) is 7.27. The van der Waals surface area contributed by atoms with Gasteiger partial charge in [-0.05, 0) is 19.9 Å². The molecule has 0 aromatic carbocycles. The Balaban J connectivity index is 2.39. The van der Waals surface area contributed by atoms with Gasteiger partial charge in [0.15, 0.2) is 0 Å². The zero-order valence-electron chi connectivity index (χ0n) is 9.21. The van der Waals surface area contributed by atoms with E-state index in [2.05, 4.69) is 17.2 Å².